The summed E-state index contributed by atoms with van der Waals surface area (Å²) in [4.78, 5) is 27.2. The second kappa shape index (κ2) is 8.66. The lowest BCUT2D eigenvalue weighted by Crippen LogP contribution is -2.45. The number of amides is 3. The number of nitrogens with zero attached hydrogens (tertiary/aromatic N) is 4. The molecule has 3 rings (SSSR count). The zero-order chi connectivity index (χ0) is 19.2. The van der Waals surface area contributed by atoms with E-state index in [1.54, 1.807) is 14.0 Å². The third-order valence-electron chi connectivity index (χ3n) is 4.71. The van der Waals surface area contributed by atoms with Gasteiger partial charge in [0.2, 0.25) is 17.7 Å². The maximum atomic E-state index is 12.3. The van der Waals surface area contributed by atoms with Crippen molar-refractivity contribution in [1.82, 2.24) is 25.3 Å². The second-order valence-corrected chi connectivity index (χ2v) is 6.88. The Bertz CT molecular complexity index is 777. The molecule has 0 aliphatic carbocycles. The maximum Gasteiger partial charge on any atom is 0.317 e. The van der Waals surface area contributed by atoms with Crippen molar-refractivity contribution in [3.63, 3.8) is 0 Å². The fourth-order valence-corrected chi connectivity index (χ4v) is 3.17. The van der Waals surface area contributed by atoms with Crippen molar-refractivity contribution in [3.05, 3.63) is 36.2 Å². The van der Waals surface area contributed by atoms with Crippen LogP contribution in [0.15, 0.2) is 34.7 Å². The van der Waals surface area contributed by atoms with Gasteiger partial charge < -0.3 is 19.5 Å². The third-order valence-corrected chi connectivity index (χ3v) is 4.71. The van der Waals surface area contributed by atoms with Gasteiger partial charge in [0.1, 0.15) is 6.54 Å². The SMILES string of the molecule is CC(=O)N1CCC[C@H](CNC(=O)N(C)Cc2nnc(-c3ccccc3)o2)C1. The molecule has 27 heavy (non-hydrogen) atoms. The smallest absolute Gasteiger partial charge is 0.317 e. The zero-order valence-corrected chi connectivity index (χ0v) is 15.7. The average molecular weight is 371 g/mol. The normalized spacial score (nSPS) is 16.8. The summed E-state index contributed by atoms with van der Waals surface area (Å²) < 4.78 is 5.64. The number of carbonyl (C=O) groups is 2. The molecule has 1 atom stereocenters. The lowest BCUT2D eigenvalue weighted by molar-refractivity contribution is -0.130. The number of hydrogen-bond acceptors (Lipinski definition) is 5. The first-order valence-electron chi connectivity index (χ1n) is 9.15. The van der Waals surface area contributed by atoms with E-state index in [4.69, 9.17) is 4.42 Å². The van der Waals surface area contributed by atoms with Gasteiger partial charge in [-0.15, -0.1) is 10.2 Å². The minimum atomic E-state index is -0.200. The summed E-state index contributed by atoms with van der Waals surface area (Å²) in [6, 6.07) is 9.30. The highest BCUT2D eigenvalue weighted by Crippen LogP contribution is 2.18. The molecular formula is C19H25N5O3. The molecule has 3 amide bonds. The minimum Gasteiger partial charge on any atom is -0.419 e. The van der Waals surface area contributed by atoms with Gasteiger partial charge in [0.25, 0.3) is 0 Å². The van der Waals surface area contributed by atoms with Crippen molar-refractivity contribution < 1.29 is 14.0 Å². The Hall–Kier alpha value is -2.90. The Kier molecular flexibility index (Phi) is 6.05. The highest BCUT2D eigenvalue weighted by molar-refractivity contribution is 5.74. The Labute approximate surface area is 158 Å². The van der Waals surface area contributed by atoms with Gasteiger partial charge in [-0.25, -0.2) is 4.79 Å². The van der Waals surface area contributed by atoms with Crippen molar-refractivity contribution in [2.24, 2.45) is 5.92 Å². The molecule has 1 aliphatic rings. The van der Waals surface area contributed by atoms with Crippen LogP contribution < -0.4 is 5.32 Å². The van der Waals surface area contributed by atoms with E-state index >= 15 is 0 Å². The fourth-order valence-electron chi connectivity index (χ4n) is 3.17. The van der Waals surface area contributed by atoms with Gasteiger partial charge in [-0.05, 0) is 30.9 Å². The van der Waals surface area contributed by atoms with Gasteiger partial charge in [-0.1, -0.05) is 18.2 Å². The van der Waals surface area contributed by atoms with Crippen LogP contribution in [0.5, 0.6) is 0 Å². The molecule has 0 unspecified atom stereocenters. The van der Waals surface area contributed by atoms with E-state index in [2.05, 4.69) is 15.5 Å². The molecule has 2 aromatic rings. The summed E-state index contributed by atoms with van der Waals surface area (Å²) in [6.07, 6.45) is 1.98. The van der Waals surface area contributed by atoms with Gasteiger partial charge in [-0.2, -0.15) is 0 Å². The number of benzene rings is 1. The number of nitrogens with one attached hydrogen (secondary N) is 1. The van der Waals surface area contributed by atoms with Crippen molar-refractivity contribution in [2.45, 2.75) is 26.3 Å². The zero-order valence-electron chi connectivity index (χ0n) is 15.7. The van der Waals surface area contributed by atoms with Crippen molar-refractivity contribution >= 4 is 11.9 Å². The topological polar surface area (TPSA) is 91.6 Å². The predicted octanol–water partition coefficient (Wildman–Crippen LogP) is 2.14. The molecule has 1 aliphatic heterocycles. The van der Waals surface area contributed by atoms with Crippen LogP contribution >= 0.6 is 0 Å². The molecule has 0 radical (unpaired) electrons. The summed E-state index contributed by atoms with van der Waals surface area (Å²) in [5, 5.41) is 11.0. The van der Waals surface area contributed by atoms with Gasteiger partial charge in [-0.3, -0.25) is 4.79 Å². The standard InChI is InChI=1S/C19H25N5O3/c1-14(25)24-10-6-7-15(12-24)11-20-19(26)23(2)13-17-21-22-18(27-17)16-8-4-3-5-9-16/h3-5,8-9,15H,6-7,10-13H2,1-2H3,(H,20,26)/t15-/m1/s1. The Morgan fingerprint density at radius 1 is 1.30 bits per heavy atom. The van der Waals surface area contributed by atoms with Crippen LogP contribution in [0.25, 0.3) is 11.5 Å². The average Bonchev–Trinajstić information content (AvgIpc) is 3.15. The lowest BCUT2D eigenvalue weighted by atomic mass is 9.98. The van der Waals surface area contributed by atoms with Gasteiger partial charge in [0, 0.05) is 39.2 Å². The third kappa shape index (κ3) is 5.06. The molecule has 1 N–H and O–H groups in total. The highest BCUT2D eigenvalue weighted by atomic mass is 16.4. The van der Waals surface area contributed by atoms with Crippen LogP contribution in [0, 0.1) is 5.92 Å². The number of likely N-dealkylation sites (tertiary alicyclic amines) is 1. The van der Waals surface area contributed by atoms with E-state index < -0.39 is 0 Å². The highest BCUT2D eigenvalue weighted by Gasteiger charge is 2.22. The van der Waals surface area contributed by atoms with E-state index in [9.17, 15) is 9.59 Å². The predicted molar refractivity (Wildman–Crippen MR) is 99.6 cm³/mol. The molecule has 0 saturated carbocycles. The summed E-state index contributed by atoms with van der Waals surface area (Å²) in [6.45, 7) is 3.87. The van der Waals surface area contributed by atoms with Crippen LogP contribution in [-0.4, -0.2) is 58.6 Å². The molecular weight excluding hydrogens is 346 g/mol. The van der Waals surface area contributed by atoms with Crippen molar-refractivity contribution in [2.75, 3.05) is 26.7 Å². The molecule has 1 aromatic heterocycles. The molecule has 8 nitrogen and oxygen atoms in total. The summed E-state index contributed by atoms with van der Waals surface area (Å²) in [5.41, 5.74) is 0.843. The van der Waals surface area contributed by atoms with Gasteiger partial charge >= 0.3 is 6.03 Å². The van der Waals surface area contributed by atoms with Crippen LogP contribution in [0.4, 0.5) is 4.79 Å². The van der Waals surface area contributed by atoms with Crippen LogP contribution in [-0.2, 0) is 11.3 Å². The molecule has 144 valence electrons. The van der Waals surface area contributed by atoms with Crippen molar-refractivity contribution in [3.8, 4) is 11.5 Å². The van der Waals surface area contributed by atoms with Gasteiger partial charge in [0.05, 0.1) is 0 Å². The summed E-state index contributed by atoms with van der Waals surface area (Å²) in [5.74, 6) is 1.19. The second-order valence-electron chi connectivity index (χ2n) is 6.88. The number of rotatable bonds is 5. The first-order valence-corrected chi connectivity index (χ1v) is 9.15. The largest absolute Gasteiger partial charge is 0.419 e. The quantitative estimate of drug-likeness (QED) is 0.869. The number of aromatic nitrogens is 2. The number of piperidine rings is 1. The van der Waals surface area contributed by atoms with Crippen LogP contribution in [0.3, 0.4) is 0 Å². The van der Waals surface area contributed by atoms with E-state index in [1.807, 2.05) is 35.2 Å². The molecule has 8 heteroatoms. The Morgan fingerprint density at radius 2 is 2.07 bits per heavy atom. The first kappa shape index (κ1) is 18.9. The maximum absolute atomic E-state index is 12.3. The molecule has 2 heterocycles. The first-order chi connectivity index (χ1) is 13.0. The number of hydrogen-bond donors (Lipinski definition) is 1. The van der Waals surface area contributed by atoms with E-state index in [0.717, 1.165) is 24.9 Å². The van der Waals surface area contributed by atoms with Crippen molar-refractivity contribution in [1.29, 1.82) is 0 Å². The number of carbonyl (C=O) groups excluding carboxylic acids is 2. The molecule has 0 spiro atoms. The summed E-state index contributed by atoms with van der Waals surface area (Å²) >= 11 is 0. The van der Waals surface area contributed by atoms with E-state index in [-0.39, 0.29) is 24.4 Å². The van der Waals surface area contributed by atoms with E-state index in [1.165, 1.54) is 4.90 Å². The van der Waals surface area contributed by atoms with Crippen LogP contribution in [0.2, 0.25) is 0 Å². The molecule has 1 aromatic carbocycles. The summed E-state index contributed by atoms with van der Waals surface area (Å²) in [7, 11) is 1.68. The minimum absolute atomic E-state index is 0.0914. The fraction of sp³-hybridized carbons (Fsp3) is 0.474. The molecule has 0 bridgehead atoms. The van der Waals surface area contributed by atoms with E-state index in [0.29, 0.717) is 24.9 Å². The Morgan fingerprint density at radius 3 is 2.81 bits per heavy atom. The Balaban J connectivity index is 1.48. The van der Waals surface area contributed by atoms with Crippen LogP contribution in [0.1, 0.15) is 25.7 Å². The van der Waals surface area contributed by atoms with Gasteiger partial charge in [0.15, 0.2) is 0 Å². The lowest BCUT2D eigenvalue weighted by Gasteiger charge is -2.32. The molecule has 1 saturated heterocycles. The molecule has 1 fully saturated rings. The number of urea groups is 1. The monoisotopic (exact) mass is 371 g/mol.